The molecule has 0 fully saturated rings. The van der Waals surface area contributed by atoms with Gasteiger partial charge in [0.2, 0.25) is 0 Å². The van der Waals surface area contributed by atoms with Crippen LogP contribution in [0.25, 0.3) is 0 Å². The van der Waals surface area contributed by atoms with Gasteiger partial charge in [-0.05, 0) is 37.8 Å². The lowest BCUT2D eigenvalue weighted by atomic mass is 9.98. The number of carboxylic acids is 1. The molecule has 0 heterocycles. The van der Waals surface area contributed by atoms with Crippen molar-refractivity contribution in [2.75, 3.05) is 6.54 Å². The molecule has 3 heteroatoms. The Kier molecular flexibility index (Phi) is 5.55. The van der Waals surface area contributed by atoms with E-state index in [1.54, 1.807) is 0 Å². The topological polar surface area (TPSA) is 40.5 Å². The van der Waals surface area contributed by atoms with Crippen molar-refractivity contribution >= 4 is 5.97 Å². The predicted octanol–water partition coefficient (Wildman–Crippen LogP) is 3.67. The van der Waals surface area contributed by atoms with Gasteiger partial charge in [0.1, 0.15) is 0 Å². The molecule has 0 aromatic heterocycles. The van der Waals surface area contributed by atoms with Crippen LogP contribution in [0.15, 0.2) is 24.3 Å². The van der Waals surface area contributed by atoms with Crippen LogP contribution in [0.3, 0.4) is 0 Å². The van der Waals surface area contributed by atoms with Gasteiger partial charge in [-0.3, -0.25) is 9.69 Å². The molecule has 0 aliphatic carbocycles. The van der Waals surface area contributed by atoms with Crippen LogP contribution in [0.5, 0.6) is 0 Å². The second-order valence-corrected chi connectivity index (χ2v) is 5.66. The normalized spacial score (nSPS) is 13.3. The van der Waals surface area contributed by atoms with Gasteiger partial charge in [0, 0.05) is 12.1 Å². The monoisotopic (exact) mass is 263 g/mol. The number of hydrogen-bond acceptors (Lipinski definition) is 2. The minimum Gasteiger partial charge on any atom is -0.480 e. The van der Waals surface area contributed by atoms with Crippen LogP contribution in [0.1, 0.15) is 57.7 Å². The van der Waals surface area contributed by atoms with Crippen LogP contribution in [0, 0.1) is 0 Å². The summed E-state index contributed by atoms with van der Waals surface area (Å²) in [6.07, 6.45) is 0. The molecule has 1 aromatic rings. The third kappa shape index (κ3) is 4.35. The van der Waals surface area contributed by atoms with E-state index in [2.05, 4.69) is 45.0 Å². The molecule has 106 valence electrons. The van der Waals surface area contributed by atoms with Gasteiger partial charge in [0.05, 0.1) is 6.54 Å². The molecule has 1 unspecified atom stereocenters. The fourth-order valence-electron chi connectivity index (χ4n) is 2.27. The van der Waals surface area contributed by atoms with E-state index in [0.29, 0.717) is 5.92 Å². The Bertz CT molecular complexity index is 409. The number of aliphatic carboxylic acids is 1. The van der Waals surface area contributed by atoms with Crippen LogP contribution < -0.4 is 0 Å². The molecule has 1 atom stereocenters. The predicted molar refractivity (Wildman–Crippen MR) is 78.4 cm³/mol. The zero-order valence-corrected chi connectivity index (χ0v) is 12.6. The second-order valence-electron chi connectivity index (χ2n) is 5.66. The average Bonchev–Trinajstić information content (AvgIpc) is 2.34. The van der Waals surface area contributed by atoms with Gasteiger partial charge in [-0.15, -0.1) is 0 Å². The summed E-state index contributed by atoms with van der Waals surface area (Å²) < 4.78 is 0. The van der Waals surface area contributed by atoms with Crippen molar-refractivity contribution < 1.29 is 9.90 Å². The zero-order chi connectivity index (χ0) is 14.6. The second kappa shape index (κ2) is 6.71. The van der Waals surface area contributed by atoms with E-state index in [9.17, 15) is 4.79 Å². The summed E-state index contributed by atoms with van der Waals surface area (Å²) >= 11 is 0. The van der Waals surface area contributed by atoms with Crippen LogP contribution in [0.2, 0.25) is 0 Å². The highest BCUT2D eigenvalue weighted by atomic mass is 16.4. The van der Waals surface area contributed by atoms with Gasteiger partial charge in [0.15, 0.2) is 0 Å². The van der Waals surface area contributed by atoms with Gasteiger partial charge in [-0.25, -0.2) is 0 Å². The van der Waals surface area contributed by atoms with Crippen LogP contribution >= 0.6 is 0 Å². The maximum absolute atomic E-state index is 11.0. The zero-order valence-electron chi connectivity index (χ0n) is 12.6. The molecular weight excluding hydrogens is 238 g/mol. The molecule has 0 radical (unpaired) electrons. The first-order valence-corrected chi connectivity index (χ1v) is 6.90. The van der Waals surface area contributed by atoms with Gasteiger partial charge >= 0.3 is 5.97 Å². The highest BCUT2D eigenvalue weighted by Gasteiger charge is 2.21. The molecule has 0 aliphatic rings. The van der Waals surface area contributed by atoms with Crippen molar-refractivity contribution in [3.8, 4) is 0 Å². The van der Waals surface area contributed by atoms with Crippen LogP contribution in [-0.4, -0.2) is 28.6 Å². The number of carboxylic acid groups (broad SMARTS) is 1. The molecule has 0 saturated heterocycles. The molecule has 1 N–H and O–H groups in total. The first kappa shape index (κ1) is 15.7. The molecule has 19 heavy (non-hydrogen) atoms. The average molecular weight is 263 g/mol. The Morgan fingerprint density at radius 3 is 1.89 bits per heavy atom. The van der Waals surface area contributed by atoms with Gasteiger partial charge in [0.25, 0.3) is 0 Å². The summed E-state index contributed by atoms with van der Waals surface area (Å²) in [5.74, 6) is -0.260. The van der Waals surface area contributed by atoms with Crippen molar-refractivity contribution in [1.82, 2.24) is 4.90 Å². The first-order valence-electron chi connectivity index (χ1n) is 6.90. The lowest BCUT2D eigenvalue weighted by molar-refractivity contribution is -0.139. The largest absolute Gasteiger partial charge is 0.480 e. The van der Waals surface area contributed by atoms with Crippen LogP contribution in [-0.2, 0) is 4.79 Å². The van der Waals surface area contributed by atoms with E-state index in [1.807, 2.05) is 18.7 Å². The molecular formula is C16H25NO2. The molecule has 0 amide bonds. The summed E-state index contributed by atoms with van der Waals surface area (Å²) in [6.45, 7) is 10.5. The molecule has 0 bridgehead atoms. The molecule has 0 aliphatic heterocycles. The fourth-order valence-corrected chi connectivity index (χ4v) is 2.27. The van der Waals surface area contributed by atoms with Gasteiger partial charge in [-0.1, -0.05) is 38.1 Å². The van der Waals surface area contributed by atoms with E-state index in [4.69, 9.17) is 5.11 Å². The molecule has 0 spiro atoms. The van der Waals surface area contributed by atoms with Gasteiger partial charge in [-0.2, -0.15) is 0 Å². The minimum absolute atomic E-state index is 0.0742. The number of hydrogen-bond donors (Lipinski definition) is 1. The molecule has 3 nitrogen and oxygen atoms in total. The maximum atomic E-state index is 11.0. The van der Waals surface area contributed by atoms with E-state index in [-0.39, 0.29) is 18.6 Å². The Morgan fingerprint density at radius 2 is 1.53 bits per heavy atom. The number of carbonyl (C=O) groups is 1. The number of benzene rings is 1. The van der Waals surface area contributed by atoms with Gasteiger partial charge < -0.3 is 5.11 Å². The summed E-state index contributed by atoms with van der Waals surface area (Å²) in [6, 6.07) is 8.80. The summed E-state index contributed by atoms with van der Waals surface area (Å²) in [4.78, 5) is 12.9. The highest BCUT2D eigenvalue weighted by molar-refractivity contribution is 5.69. The molecule has 0 saturated carbocycles. The molecule has 1 rings (SSSR count). The van der Waals surface area contributed by atoms with Crippen molar-refractivity contribution in [1.29, 1.82) is 0 Å². The highest BCUT2D eigenvalue weighted by Crippen LogP contribution is 2.24. The maximum Gasteiger partial charge on any atom is 0.317 e. The molecule has 1 aromatic carbocycles. The summed E-state index contributed by atoms with van der Waals surface area (Å²) in [5.41, 5.74) is 2.48. The Balaban J connectivity index is 2.89. The summed E-state index contributed by atoms with van der Waals surface area (Å²) in [7, 11) is 0. The minimum atomic E-state index is -0.778. The van der Waals surface area contributed by atoms with Crippen molar-refractivity contribution in [2.24, 2.45) is 0 Å². The van der Waals surface area contributed by atoms with E-state index < -0.39 is 5.97 Å². The Labute approximate surface area is 116 Å². The van der Waals surface area contributed by atoms with E-state index in [0.717, 1.165) is 0 Å². The third-order valence-electron chi connectivity index (χ3n) is 3.56. The third-order valence-corrected chi connectivity index (χ3v) is 3.56. The smallest absolute Gasteiger partial charge is 0.317 e. The Morgan fingerprint density at radius 1 is 1.05 bits per heavy atom. The van der Waals surface area contributed by atoms with E-state index in [1.165, 1.54) is 11.1 Å². The lowest BCUT2D eigenvalue weighted by Gasteiger charge is -2.31. The standard InChI is InChI=1S/C16H25NO2/c1-11(2)14-6-8-15(9-7-14)13(5)17(12(3)4)10-16(18)19/h6-9,11-13H,10H2,1-5H3,(H,18,19). The quantitative estimate of drug-likeness (QED) is 0.851. The van der Waals surface area contributed by atoms with Crippen molar-refractivity contribution in [2.45, 2.75) is 52.6 Å². The summed E-state index contributed by atoms with van der Waals surface area (Å²) in [5, 5.41) is 9.00. The SMILES string of the molecule is CC(C)c1ccc(C(C)N(CC(=O)O)C(C)C)cc1. The number of rotatable bonds is 6. The van der Waals surface area contributed by atoms with Crippen molar-refractivity contribution in [3.63, 3.8) is 0 Å². The first-order chi connectivity index (χ1) is 8.82. The van der Waals surface area contributed by atoms with Crippen LogP contribution in [0.4, 0.5) is 0 Å². The Hall–Kier alpha value is -1.35. The fraction of sp³-hybridized carbons (Fsp3) is 0.562. The number of nitrogens with zero attached hydrogens (tertiary/aromatic N) is 1. The lowest BCUT2D eigenvalue weighted by Crippen LogP contribution is -2.37. The van der Waals surface area contributed by atoms with Crippen molar-refractivity contribution in [3.05, 3.63) is 35.4 Å². The van der Waals surface area contributed by atoms with E-state index >= 15 is 0 Å².